The van der Waals surface area contributed by atoms with Crippen LogP contribution in [0.1, 0.15) is 33.6 Å². The van der Waals surface area contributed by atoms with Gasteiger partial charge in [0.1, 0.15) is 6.10 Å². The van der Waals surface area contributed by atoms with Crippen molar-refractivity contribution in [3.63, 3.8) is 0 Å². The molecule has 0 spiro atoms. The summed E-state index contributed by atoms with van der Waals surface area (Å²) >= 11 is 0. The predicted octanol–water partition coefficient (Wildman–Crippen LogP) is 0.180. The van der Waals surface area contributed by atoms with Gasteiger partial charge in [-0.2, -0.15) is 0 Å². The van der Waals surface area contributed by atoms with Gasteiger partial charge in [-0.3, -0.25) is 19.8 Å². The molecule has 8 heteroatoms. The minimum Gasteiger partial charge on any atom is -0.368 e. The fraction of sp³-hybridized carbons (Fsp3) is 0.824. The normalized spacial score (nSPS) is 22.7. The number of nitrogens with one attached hydrogen (secondary N) is 2. The van der Waals surface area contributed by atoms with E-state index in [2.05, 4.69) is 10.6 Å². The lowest BCUT2D eigenvalue weighted by atomic mass is 10.1. The first-order valence-corrected chi connectivity index (χ1v) is 9.11. The van der Waals surface area contributed by atoms with Crippen LogP contribution in [0.5, 0.6) is 0 Å². The number of amides is 4. The molecule has 2 N–H and O–H groups in total. The molecular weight excluding hydrogens is 324 g/mol. The first-order valence-electron chi connectivity index (χ1n) is 9.11. The molecule has 2 heterocycles. The van der Waals surface area contributed by atoms with E-state index in [4.69, 9.17) is 4.74 Å². The summed E-state index contributed by atoms with van der Waals surface area (Å²) < 4.78 is 5.45. The zero-order valence-electron chi connectivity index (χ0n) is 15.4. The number of hydrogen-bond donors (Lipinski definition) is 2. The Morgan fingerprint density at radius 2 is 1.80 bits per heavy atom. The third-order valence-electron chi connectivity index (χ3n) is 4.67. The van der Waals surface area contributed by atoms with Gasteiger partial charge in [0.2, 0.25) is 5.91 Å². The second-order valence-electron chi connectivity index (χ2n) is 7.13. The fourth-order valence-electron chi connectivity index (χ4n) is 3.03. The van der Waals surface area contributed by atoms with Crippen molar-refractivity contribution >= 4 is 17.8 Å². The van der Waals surface area contributed by atoms with Crippen molar-refractivity contribution in [1.82, 2.24) is 20.4 Å². The molecule has 0 aromatic carbocycles. The van der Waals surface area contributed by atoms with Gasteiger partial charge in [0.15, 0.2) is 0 Å². The molecule has 2 aliphatic rings. The molecule has 4 amide bonds. The third kappa shape index (κ3) is 5.67. The summed E-state index contributed by atoms with van der Waals surface area (Å²) in [7, 11) is 0. The van der Waals surface area contributed by atoms with E-state index in [9.17, 15) is 14.4 Å². The molecular formula is C17H30N4O4. The van der Waals surface area contributed by atoms with Gasteiger partial charge >= 0.3 is 6.03 Å². The number of hydrogen-bond acceptors (Lipinski definition) is 5. The molecule has 0 saturated carbocycles. The topological polar surface area (TPSA) is 91.0 Å². The van der Waals surface area contributed by atoms with E-state index in [1.54, 1.807) is 6.92 Å². The maximum Gasteiger partial charge on any atom is 0.321 e. The van der Waals surface area contributed by atoms with Crippen LogP contribution in [-0.2, 0) is 14.3 Å². The van der Waals surface area contributed by atoms with Crippen LogP contribution in [-0.4, -0.2) is 79.1 Å². The molecule has 0 bridgehead atoms. The van der Waals surface area contributed by atoms with E-state index in [-0.39, 0.29) is 17.9 Å². The number of imide groups is 1. The van der Waals surface area contributed by atoms with Gasteiger partial charge in [0, 0.05) is 39.3 Å². The van der Waals surface area contributed by atoms with Crippen molar-refractivity contribution in [2.45, 2.75) is 45.8 Å². The van der Waals surface area contributed by atoms with Crippen LogP contribution in [0.25, 0.3) is 0 Å². The van der Waals surface area contributed by atoms with Crippen LogP contribution < -0.4 is 10.6 Å². The molecule has 2 aliphatic heterocycles. The molecule has 8 nitrogen and oxygen atoms in total. The van der Waals surface area contributed by atoms with E-state index in [0.717, 1.165) is 12.8 Å². The van der Waals surface area contributed by atoms with Crippen LogP contribution in [0.4, 0.5) is 4.79 Å². The number of ether oxygens (including phenoxy) is 1. The van der Waals surface area contributed by atoms with Gasteiger partial charge in [-0.25, -0.2) is 4.79 Å². The summed E-state index contributed by atoms with van der Waals surface area (Å²) in [4.78, 5) is 40.0. The molecule has 0 aliphatic carbocycles. The van der Waals surface area contributed by atoms with Crippen molar-refractivity contribution in [3.05, 3.63) is 0 Å². The number of nitrogens with zero attached hydrogens (tertiary/aromatic N) is 2. The second-order valence-corrected chi connectivity index (χ2v) is 7.13. The van der Waals surface area contributed by atoms with E-state index in [1.807, 2.05) is 23.6 Å². The number of carbonyl (C=O) groups is 3. The minimum absolute atomic E-state index is 0.0577. The number of carbonyl (C=O) groups excluding carboxylic acids is 3. The quantitative estimate of drug-likeness (QED) is 0.735. The largest absolute Gasteiger partial charge is 0.368 e. The molecule has 2 fully saturated rings. The average molecular weight is 354 g/mol. The van der Waals surface area contributed by atoms with Gasteiger partial charge < -0.3 is 15.0 Å². The van der Waals surface area contributed by atoms with Gasteiger partial charge in [-0.1, -0.05) is 13.8 Å². The van der Waals surface area contributed by atoms with E-state index in [0.29, 0.717) is 45.2 Å². The second kappa shape index (κ2) is 9.15. The average Bonchev–Trinajstić information content (AvgIpc) is 3.13. The Morgan fingerprint density at radius 3 is 2.36 bits per heavy atom. The monoisotopic (exact) mass is 354 g/mol. The predicted molar refractivity (Wildman–Crippen MR) is 93.0 cm³/mol. The van der Waals surface area contributed by atoms with Gasteiger partial charge in [-0.15, -0.1) is 0 Å². The zero-order valence-corrected chi connectivity index (χ0v) is 15.4. The smallest absolute Gasteiger partial charge is 0.321 e. The first-order chi connectivity index (χ1) is 11.9. The van der Waals surface area contributed by atoms with Gasteiger partial charge in [0.05, 0.1) is 6.04 Å². The van der Waals surface area contributed by atoms with E-state index < -0.39 is 12.1 Å². The Balaban J connectivity index is 1.74. The maximum atomic E-state index is 12.3. The van der Waals surface area contributed by atoms with Gasteiger partial charge in [-0.05, 0) is 25.7 Å². The summed E-state index contributed by atoms with van der Waals surface area (Å²) in [6.45, 7) is 9.32. The Morgan fingerprint density at radius 1 is 1.12 bits per heavy atom. The molecule has 25 heavy (non-hydrogen) atoms. The molecule has 0 radical (unpaired) electrons. The molecule has 2 unspecified atom stereocenters. The van der Waals surface area contributed by atoms with Crippen molar-refractivity contribution < 1.29 is 19.1 Å². The maximum absolute atomic E-state index is 12.3. The summed E-state index contributed by atoms with van der Waals surface area (Å²) in [5.74, 6) is 0.0650. The highest BCUT2D eigenvalue weighted by molar-refractivity contribution is 5.96. The molecule has 2 rings (SSSR count). The van der Waals surface area contributed by atoms with Crippen LogP contribution in [0.3, 0.4) is 0 Å². The van der Waals surface area contributed by atoms with Gasteiger partial charge in [0.25, 0.3) is 5.91 Å². The van der Waals surface area contributed by atoms with Crippen LogP contribution in [0, 0.1) is 5.92 Å². The molecule has 142 valence electrons. The van der Waals surface area contributed by atoms with E-state index in [1.165, 1.54) is 0 Å². The van der Waals surface area contributed by atoms with Crippen molar-refractivity contribution in [3.8, 4) is 0 Å². The Hall–Kier alpha value is -1.67. The van der Waals surface area contributed by atoms with Crippen molar-refractivity contribution in [2.24, 2.45) is 5.92 Å². The zero-order chi connectivity index (χ0) is 18.4. The lowest BCUT2D eigenvalue weighted by Gasteiger charge is -2.38. The van der Waals surface area contributed by atoms with Crippen LogP contribution in [0.15, 0.2) is 0 Å². The number of rotatable bonds is 5. The fourth-order valence-corrected chi connectivity index (χ4v) is 3.03. The first kappa shape index (κ1) is 19.7. The summed E-state index contributed by atoms with van der Waals surface area (Å²) in [6, 6.07) is -0.873. The summed E-state index contributed by atoms with van der Waals surface area (Å²) in [5, 5.41) is 5.05. The highest BCUT2D eigenvalue weighted by Gasteiger charge is 2.32. The Bertz CT molecular complexity index is 483. The number of urea groups is 1. The van der Waals surface area contributed by atoms with Crippen molar-refractivity contribution in [1.29, 1.82) is 0 Å². The molecule has 0 aromatic heterocycles. The lowest BCUT2D eigenvalue weighted by molar-refractivity contribution is -0.143. The lowest BCUT2D eigenvalue weighted by Crippen LogP contribution is -2.57. The highest BCUT2D eigenvalue weighted by atomic mass is 16.5. The Kier molecular flexibility index (Phi) is 7.19. The highest BCUT2D eigenvalue weighted by Crippen LogP contribution is 2.16. The Labute approximate surface area is 149 Å². The van der Waals surface area contributed by atoms with Crippen LogP contribution >= 0.6 is 0 Å². The third-order valence-corrected chi connectivity index (χ3v) is 4.67. The minimum atomic E-state index is -0.460. The van der Waals surface area contributed by atoms with E-state index >= 15 is 0 Å². The number of piperazine rings is 1. The van der Waals surface area contributed by atoms with Crippen LogP contribution in [0.2, 0.25) is 0 Å². The SMILES string of the molecule is CC(C)CNC(=O)NC(=O)C(C)N1CCN(C(=O)C2CCCO2)CC1. The summed E-state index contributed by atoms with van der Waals surface area (Å²) in [5.41, 5.74) is 0. The molecule has 0 aromatic rings. The van der Waals surface area contributed by atoms with Crippen molar-refractivity contribution in [2.75, 3.05) is 39.3 Å². The summed E-state index contributed by atoms with van der Waals surface area (Å²) in [6.07, 6.45) is 1.44. The molecule has 2 saturated heterocycles. The molecule has 2 atom stereocenters. The standard InChI is InChI=1S/C17H30N4O4/c1-12(2)11-18-17(24)19-15(22)13(3)20-6-8-21(9-7-20)16(23)14-5-4-10-25-14/h12-14H,4-11H2,1-3H3,(H2,18,19,22,24).